The van der Waals surface area contributed by atoms with E-state index in [4.69, 9.17) is 0 Å². The third-order valence-corrected chi connectivity index (χ3v) is 4.92. The van der Waals surface area contributed by atoms with Crippen molar-refractivity contribution in [3.05, 3.63) is 28.7 Å². The Morgan fingerprint density at radius 3 is 3.00 bits per heavy atom. The first-order chi connectivity index (χ1) is 12.7. The van der Waals surface area contributed by atoms with E-state index < -0.39 is 0 Å². The van der Waals surface area contributed by atoms with Crippen LogP contribution in [0.3, 0.4) is 0 Å². The number of anilines is 1. The lowest BCUT2D eigenvalue weighted by Crippen LogP contribution is -2.45. The number of aryl methyl sites for hydroxylation is 1. The van der Waals surface area contributed by atoms with Gasteiger partial charge in [-0.3, -0.25) is 14.2 Å². The average molecular weight is 357 g/mol. The van der Waals surface area contributed by atoms with E-state index in [-0.39, 0.29) is 17.4 Å². The van der Waals surface area contributed by atoms with Gasteiger partial charge in [0.25, 0.3) is 5.56 Å². The fraction of sp³-hybridized carbons (Fsp3) is 0.579. The second-order valence-corrected chi connectivity index (χ2v) is 6.76. The number of hydrogen-bond acceptors (Lipinski definition) is 5. The van der Waals surface area contributed by atoms with Gasteiger partial charge in [-0.25, -0.2) is 9.97 Å². The average Bonchev–Trinajstić information content (AvgIpc) is 2.68. The van der Waals surface area contributed by atoms with Gasteiger partial charge < -0.3 is 10.2 Å². The smallest absolute Gasteiger partial charge is 0.295 e. The number of carbonyl (C=O) groups is 1. The molecule has 1 amide bonds. The Bertz CT molecular complexity index is 832. The molecule has 1 aliphatic rings. The minimum absolute atomic E-state index is 0.0847. The van der Waals surface area contributed by atoms with Gasteiger partial charge in [-0.15, -0.1) is 0 Å². The predicted molar refractivity (Wildman–Crippen MR) is 102 cm³/mol. The molecule has 0 bridgehead atoms. The molecule has 140 valence electrons. The summed E-state index contributed by atoms with van der Waals surface area (Å²) < 4.78 is 1.66. The first-order valence-corrected chi connectivity index (χ1v) is 9.54. The lowest BCUT2D eigenvalue weighted by molar-refractivity contribution is -0.125. The van der Waals surface area contributed by atoms with Crippen molar-refractivity contribution in [2.75, 3.05) is 24.5 Å². The Morgan fingerprint density at radius 2 is 2.23 bits per heavy atom. The van der Waals surface area contributed by atoms with E-state index in [0.29, 0.717) is 36.6 Å². The van der Waals surface area contributed by atoms with Crippen LogP contribution in [0.25, 0.3) is 11.2 Å². The number of aromatic nitrogens is 3. The van der Waals surface area contributed by atoms with E-state index in [1.54, 1.807) is 10.8 Å². The summed E-state index contributed by atoms with van der Waals surface area (Å²) in [7, 11) is 0. The Morgan fingerprint density at radius 1 is 1.38 bits per heavy atom. The number of unbranched alkanes of at least 4 members (excludes halogenated alkanes) is 1. The maximum absolute atomic E-state index is 12.9. The maximum atomic E-state index is 12.9. The van der Waals surface area contributed by atoms with Crippen LogP contribution in [0.2, 0.25) is 0 Å². The van der Waals surface area contributed by atoms with Crippen LogP contribution in [-0.2, 0) is 11.3 Å². The Labute approximate surface area is 153 Å². The van der Waals surface area contributed by atoms with Crippen LogP contribution in [0.4, 0.5) is 5.82 Å². The zero-order valence-corrected chi connectivity index (χ0v) is 15.6. The number of nitrogens with zero attached hydrogens (tertiary/aromatic N) is 4. The monoisotopic (exact) mass is 357 g/mol. The molecule has 0 aliphatic carbocycles. The van der Waals surface area contributed by atoms with Gasteiger partial charge >= 0.3 is 0 Å². The molecule has 2 aromatic heterocycles. The molecule has 2 aromatic rings. The molecule has 1 N–H and O–H groups in total. The molecule has 0 aromatic carbocycles. The highest BCUT2D eigenvalue weighted by Gasteiger charge is 2.28. The minimum atomic E-state index is -0.134. The Balaban J connectivity index is 1.85. The number of pyridine rings is 1. The van der Waals surface area contributed by atoms with E-state index in [1.807, 2.05) is 24.0 Å². The molecule has 0 saturated carbocycles. The van der Waals surface area contributed by atoms with Crippen LogP contribution >= 0.6 is 0 Å². The largest absolute Gasteiger partial charge is 0.356 e. The quantitative estimate of drug-likeness (QED) is 0.799. The van der Waals surface area contributed by atoms with Crippen LogP contribution in [-0.4, -0.2) is 40.1 Å². The van der Waals surface area contributed by atoms with Crippen molar-refractivity contribution in [3.8, 4) is 0 Å². The molecule has 1 aliphatic heterocycles. The SMILES string of the molecule is CCCCNC(=O)C1CCCN(c2nc3cccnc3n(CC)c2=O)C1. The Hall–Kier alpha value is -2.44. The molecule has 3 rings (SSSR count). The zero-order chi connectivity index (χ0) is 18.5. The molecule has 3 heterocycles. The minimum Gasteiger partial charge on any atom is -0.356 e. The van der Waals surface area contributed by atoms with Crippen molar-refractivity contribution in [2.45, 2.75) is 46.1 Å². The molecular weight excluding hydrogens is 330 g/mol. The summed E-state index contributed by atoms with van der Waals surface area (Å²) in [5.74, 6) is 0.418. The van der Waals surface area contributed by atoms with Gasteiger partial charge in [-0.2, -0.15) is 0 Å². The van der Waals surface area contributed by atoms with Gasteiger partial charge in [0.05, 0.1) is 5.92 Å². The van der Waals surface area contributed by atoms with Crippen molar-refractivity contribution in [3.63, 3.8) is 0 Å². The van der Waals surface area contributed by atoms with Gasteiger partial charge in [0.2, 0.25) is 5.91 Å². The second-order valence-electron chi connectivity index (χ2n) is 6.76. The van der Waals surface area contributed by atoms with Crippen molar-refractivity contribution < 1.29 is 4.79 Å². The molecule has 1 atom stereocenters. The molecule has 1 saturated heterocycles. The summed E-state index contributed by atoms with van der Waals surface area (Å²) in [6, 6.07) is 3.69. The summed E-state index contributed by atoms with van der Waals surface area (Å²) in [4.78, 5) is 36.2. The summed E-state index contributed by atoms with van der Waals surface area (Å²) >= 11 is 0. The molecule has 0 radical (unpaired) electrons. The molecule has 1 unspecified atom stereocenters. The highest BCUT2D eigenvalue weighted by Crippen LogP contribution is 2.21. The van der Waals surface area contributed by atoms with Crippen LogP contribution in [0.1, 0.15) is 39.5 Å². The van der Waals surface area contributed by atoms with Crippen molar-refractivity contribution in [1.29, 1.82) is 0 Å². The van der Waals surface area contributed by atoms with Crippen molar-refractivity contribution in [2.24, 2.45) is 5.92 Å². The van der Waals surface area contributed by atoms with Gasteiger partial charge in [-0.05, 0) is 38.3 Å². The number of rotatable bonds is 6. The standard InChI is InChI=1S/C19H27N5O2/c1-3-5-10-21-18(25)14-8-7-12-23(13-14)17-19(26)24(4-2)16-15(22-17)9-6-11-20-16/h6,9,11,14H,3-5,7-8,10,12-13H2,1-2H3,(H,21,25). The highest BCUT2D eigenvalue weighted by molar-refractivity contribution is 5.79. The number of carbonyl (C=O) groups excluding carboxylic acids is 1. The Kier molecular flexibility index (Phi) is 5.85. The van der Waals surface area contributed by atoms with E-state index >= 15 is 0 Å². The second kappa shape index (κ2) is 8.29. The number of fused-ring (bicyclic) bond motifs is 1. The maximum Gasteiger partial charge on any atom is 0.295 e. The number of nitrogens with one attached hydrogen (secondary N) is 1. The molecule has 7 heteroatoms. The van der Waals surface area contributed by atoms with Gasteiger partial charge in [-0.1, -0.05) is 13.3 Å². The van der Waals surface area contributed by atoms with Gasteiger partial charge in [0.1, 0.15) is 5.52 Å². The number of amides is 1. The third-order valence-electron chi connectivity index (χ3n) is 4.92. The van der Waals surface area contributed by atoms with Crippen molar-refractivity contribution >= 4 is 22.9 Å². The van der Waals surface area contributed by atoms with Crippen LogP contribution in [0.15, 0.2) is 23.1 Å². The fourth-order valence-electron chi connectivity index (χ4n) is 3.48. The first kappa shape index (κ1) is 18.4. The van der Waals surface area contributed by atoms with Crippen LogP contribution in [0.5, 0.6) is 0 Å². The fourth-order valence-corrected chi connectivity index (χ4v) is 3.48. The predicted octanol–water partition coefficient (Wildman–Crippen LogP) is 1.94. The zero-order valence-electron chi connectivity index (χ0n) is 15.6. The third kappa shape index (κ3) is 3.71. The van der Waals surface area contributed by atoms with E-state index in [0.717, 1.165) is 32.2 Å². The topological polar surface area (TPSA) is 80.1 Å². The summed E-state index contributed by atoms with van der Waals surface area (Å²) in [6.45, 7) is 6.57. The molecule has 26 heavy (non-hydrogen) atoms. The molecular formula is C19H27N5O2. The van der Waals surface area contributed by atoms with E-state index in [1.165, 1.54) is 0 Å². The molecule has 1 fully saturated rings. The normalized spacial score (nSPS) is 17.5. The number of hydrogen-bond donors (Lipinski definition) is 1. The van der Waals surface area contributed by atoms with E-state index in [9.17, 15) is 9.59 Å². The summed E-state index contributed by atoms with van der Waals surface area (Å²) in [5.41, 5.74) is 1.18. The van der Waals surface area contributed by atoms with E-state index in [2.05, 4.69) is 22.2 Å². The number of piperidine rings is 1. The molecule has 7 nitrogen and oxygen atoms in total. The van der Waals surface area contributed by atoms with Gasteiger partial charge in [0, 0.05) is 32.4 Å². The first-order valence-electron chi connectivity index (χ1n) is 9.54. The summed E-state index contributed by atoms with van der Waals surface area (Å²) in [6.07, 6.45) is 5.45. The van der Waals surface area contributed by atoms with Crippen molar-refractivity contribution in [1.82, 2.24) is 19.9 Å². The highest BCUT2D eigenvalue weighted by atomic mass is 16.2. The molecule has 0 spiro atoms. The van der Waals surface area contributed by atoms with Crippen LogP contribution < -0.4 is 15.8 Å². The summed E-state index contributed by atoms with van der Waals surface area (Å²) in [5, 5.41) is 3.01. The lowest BCUT2D eigenvalue weighted by atomic mass is 9.97. The lowest BCUT2D eigenvalue weighted by Gasteiger charge is -2.32. The van der Waals surface area contributed by atoms with Gasteiger partial charge in [0.15, 0.2) is 11.5 Å². The van der Waals surface area contributed by atoms with Crippen LogP contribution in [0, 0.1) is 5.92 Å².